The van der Waals surface area contributed by atoms with Crippen molar-refractivity contribution in [2.45, 2.75) is 18.9 Å². The van der Waals surface area contributed by atoms with Crippen LogP contribution in [0.1, 0.15) is 11.1 Å². The molecular formula is C13H12IN3. The number of nitrogens with one attached hydrogen (secondary N) is 1. The Hall–Kier alpha value is -1.17. The Morgan fingerprint density at radius 2 is 1.88 bits per heavy atom. The third-order valence-corrected chi connectivity index (χ3v) is 3.85. The Morgan fingerprint density at radius 1 is 1.18 bits per heavy atom. The first-order valence-corrected chi connectivity index (χ1v) is 6.69. The molecule has 0 saturated heterocycles. The predicted molar refractivity (Wildman–Crippen MR) is 76.0 cm³/mol. The molecule has 0 atom stereocenters. The molecule has 0 radical (unpaired) electrons. The summed E-state index contributed by atoms with van der Waals surface area (Å²) in [5.74, 6) is 0.943. The zero-order valence-electron chi connectivity index (χ0n) is 9.23. The smallest absolute Gasteiger partial charge is 0.143 e. The molecule has 1 heterocycles. The molecule has 0 amide bonds. The molecule has 3 rings (SSSR count). The third-order valence-electron chi connectivity index (χ3n) is 3.06. The number of hydrogen-bond acceptors (Lipinski definition) is 3. The van der Waals surface area contributed by atoms with Gasteiger partial charge in [-0.15, -0.1) is 0 Å². The van der Waals surface area contributed by atoms with Crippen molar-refractivity contribution in [2.24, 2.45) is 0 Å². The molecule has 1 N–H and O–H groups in total. The van der Waals surface area contributed by atoms with Crippen LogP contribution in [0.15, 0.2) is 36.8 Å². The average Bonchev–Trinajstić information content (AvgIpc) is 2.74. The predicted octanol–water partition coefficient (Wildman–Crippen LogP) is 2.66. The van der Waals surface area contributed by atoms with Crippen LogP contribution in [0.3, 0.4) is 0 Å². The van der Waals surface area contributed by atoms with Gasteiger partial charge in [0.05, 0.1) is 3.57 Å². The summed E-state index contributed by atoms with van der Waals surface area (Å²) in [5, 5.41) is 3.50. The van der Waals surface area contributed by atoms with Gasteiger partial charge in [0.1, 0.15) is 12.1 Å². The van der Waals surface area contributed by atoms with Crippen molar-refractivity contribution in [3.8, 4) is 0 Å². The van der Waals surface area contributed by atoms with Gasteiger partial charge in [0.2, 0.25) is 0 Å². The second-order valence-electron chi connectivity index (χ2n) is 4.24. The molecule has 17 heavy (non-hydrogen) atoms. The number of anilines is 1. The first-order chi connectivity index (χ1) is 8.33. The lowest BCUT2D eigenvalue weighted by Gasteiger charge is -2.13. The van der Waals surface area contributed by atoms with E-state index in [1.54, 1.807) is 6.33 Å². The molecule has 0 unspecified atom stereocenters. The topological polar surface area (TPSA) is 37.8 Å². The van der Waals surface area contributed by atoms with Gasteiger partial charge in [0, 0.05) is 12.2 Å². The summed E-state index contributed by atoms with van der Waals surface area (Å²) in [6.07, 6.45) is 5.58. The van der Waals surface area contributed by atoms with Gasteiger partial charge in [-0.3, -0.25) is 0 Å². The monoisotopic (exact) mass is 337 g/mol. The van der Waals surface area contributed by atoms with Crippen LogP contribution in [0.25, 0.3) is 0 Å². The molecule has 1 aliphatic carbocycles. The fourth-order valence-corrected chi connectivity index (χ4v) is 2.73. The van der Waals surface area contributed by atoms with E-state index in [0.29, 0.717) is 6.04 Å². The van der Waals surface area contributed by atoms with E-state index < -0.39 is 0 Å². The summed E-state index contributed by atoms with van der Waals surface area (Å²) >= 11 is 2.26. The Balaban J connectivity index is 1.76. The molecule has 1 aromatic heterocycles. The highest BCUT2D eigenvalue weighted by Crippen LogP contribution is 2.24. The average molecular weight is 337 g/mol. The minimum absolute atomic E-state index is 0.454. The molecule has 0 bridgehead atoms. The van der Waals surface area contributed by atoms with Crippen molar-refractivity contribution in [3.05, 3.63) is 51.5 Å². The van der Waals surface area contributed by atoms with Crippen LogP contribution in [0, 0.1) is 3.57 Å². The molecular weight excluding hydrogens is 325 g/mol. The first kappa shape index (κ1) is 11.0. The largest absolute Gasteiger partial charge is 0.366 e. The second-order valence-corrected chi connectivity index (χ2v) is 5.40. The fraction of sp³-hybridized carbons (Fsp3) is 0.231. The van der Waals surface area contributed by atoms with E-state index in [1.165, 1.54) is 11.1 Å². The first-order valence-electron chi connectivity index (χ1n) is 5.62. The van der Waals surface area contributed by atoms with Gasteiger partial charge in [-0.25, -0.2) is 9.97 Å². The van der Waals surface area contributed by atoms with Crippen LogP contribution in [-0.2, 0) is 12.8 Å². The molecule has 2 aromatic rings. The molecule has 0 spiro atoms. The summed E-state index contributed by atoms with van der Waals surface area (Å²) in [6, 6.07) is 9.09. The van der Waals surface area contributed by atoms with Crippen molar-refractivity contribution in [1.29, 1.82) is 0 Å². The molecule has 1 aromatic carbocycles. The van der Waals surface area contributed by atoms with Gasteiger partial charge in [-0.05, 0) is 46.6 Å². The summed E-state index contributed by atoms with van der Waals surface area (Å²) in [5.41, 5.74) is 2.91. The summed E-state index contributed by atoms with van der Waals surface area (Å²) in [6.45, 7) is 0. The number of halogens is 1. The lowest BCUT2D eigenvalue weighted by Crippen LogP contribution is -2.20. The zero-order valence-corrected chi connectivity index (χ0v) is 11.4. The van der Waals surface area contributed by atoms with Crippen molar-refractivity contribution < 1.29 is 0 Å². The SMILES string of the molecule is Ic1cncnc1NC1Cc2ccccc2C1. The molecule has 0 saturated carbocycles. The Morgan fingerprint density at radius 3 is 2.53 bits per heavy atom. The third kappa shape index (κ3) is 2.26. The molecule has 3 nitrogen and oxygen atoms in total. The van der Waals surface area contributed by atoms with Gasteiger partial charge in [0.15, 0.2) is 0 Å². The molecule has 0 fully saturated rings. The van der Waals surface area contributed by atoms with Crippen LogP contribution >= 0.6 is 22.6 Å². The van der Waals surface area contributed by atoms with E-state index in [-0.39, 0.29) is 0 Å². The van der Waals surface area contributed by atoms with E-state index in [1.807, 2.05) is 6.20 Å². The Kier molecular flexibility index (Phi) is 2.96. The van der Waals surface area contributed by atoms with E-state index in [4.69, 9.17) is 0 Å². The number of nitrogens with zero attached hydrogens (tertiary/aromatic N) is 2. The lowest BCUT2D eigenvalue weighted by molar-refractivity contribution is 0.766. The van der Waals surface area contributed by atoms with Gasteiger partial charge in [0.25, 0.3) is 0 Å². The maximum absolute atomic E-state index is 4.27. The van der Waals surface area contributed by atoms with Crippen molar-refractivity contribution >= 4 is 28.4 Å². The number of hydrogen-bond donors (Lipinski definition) is 1. The molecule has 4 heteroatoms. The quantitative estimate of drug-likeness (QED) is 0.857. The normalized spacial score (nSPS) is 14.6. The van der Waals surface area contributed by atoms with Crippen LogP contribution in [-0.4, -0.2) is 16.0 Å². The maximum Gasteiger partial charge on any atom is 0.143 e. The highest BCUT2D eigenvalue weighted by Gasteiger charge is 2.21. The van der Waals surface area contributed by atoms with Gasteiger partial charge in [-0.2, -0.15) is 0 Å². The summed E-state index contributed by atoms with van der Waals surface area (Å²) in [4.78, 5) is 8.28. The van der Waals surface area contributed by atoms with E-state index >= 15 is 0 Å². The van der Waals surface area contributed by atoms with Crippen LogP contribution < -0.4 is 5.32 Å². The Bertz CT molecular complexity index is 517. The summed E-state index contributed by atoms with van der Waals surface area (Å²) < 4.78 is 1.07. The van der Waals surface area contributed by atoms with Gasteiger partial charge in [-0.1, -0.05) is 24.3 Å². The molecule has 86 valence electrons. The van der Waals surface area contributed by atoms with E-state index in [2.05, 4.69) is 62.1 Å². The van der Waals surface area contributed by atoms with Crippen LogP contribution in [0.5, 0.6) is 0 Å². The number of benzene rings is 1. The van der Waals surface area contributed by atoms with Crippen molar-refractivity contribution in [3.63, 3.8) is 0 Å². The standard InChI is InChI=1S/C13H12IN3/c14-12-7-15-8-16-13(12)17-11-5-9-3-1-2-4-10(9)6-11/h1-4,7-8,11H,5-6H2,(H,15,16,17). The molecule has 0 aliphatic heterocycles. The minimum Gasteiger partial charge on any atom is -0.366 e. The minimum atomic E-state index is 0.454. The van der Waals surface area contributed by atoms with Crippen LogP contribution in [0.4, 0.5) is 5.82 Å². The number of aromatic nitrogens is 2. The Labute approximate surface area is 114 Å². The fourth-order valence-electron chi connectivity index (χ4n) is 2.27. The van der Waals surface area contributed by atoms with Gasteiger partial charge >= 0.3 is 0 Å². The van der Waals surface area contributed by atoms with Crippen molar-refractivity contribution in [1.82, 2.24) is 9.97 Å². The number of fused-ring (bicyclic) bond motifs is 1. The van der Waals surface area contributed by atoms with E-state index in [0.717, 1.165) is 22.2 Å². The highest BCUT2D eigenvalue weighted by atomic mass is 127. The number of rotatable bonds is 2. The molecule has 1 aliphatic rings. The zero-order chi connectivity index (χ0) is 11.7. The second kappa shape index (κ2) is 4.60. The lowest BCUT2D eigenvalue weighted by atomic mass is 10.1. The summed E-state index contributed by atoms with van der Waals surface area (Å²) in [7, 11) is 0. The highest BCUT2D eigenvalue weighted by molar-refractivity contribution is 14.1. The maximum atomic E-state index is 4.27. The van der Waals surface area contributed by atoms with E-state index in [9.17, 15) is 0 Å². The van der Waals surface area contributed by atoms with Gasteiger partial charge < -0.3 is 5.32 Å². The van der Waals surface area contributed by atoms with Crippen LogP contribution in [0.2, 0.25) is 0 Å². The van der Waals surface area contributed by atoms with Crippen molar-refractivity contribution in [2.75, 3.05) is 5.32 Å².